The molecule has 0 amide bonds. The van der Waals surface area contributed by atoms with Gasteiger partial charge in [0.25, 0.3) is 0 Å². The van der Waals surface area contributed by atoms with Gasteiger partial charge in [0.15, 0.2) is 0 Å². The molecule has 0 aliphatic heterocycles. The summed E-state index contributed by atoms with van der Waals surface area (Å²) >= 11 is 0. The third-order valence-corrected chi connectivity index (χ3v) is 2.80. The number of allylic oxidation sites excluding steroid dienone is 2. The van der Waals surface area contributed by atoms with Crippen LogP contribution >= 0.6 is 0 Å². The first kappa shape index (κ1) is 11.3. The lowest BCUT2D eigenvalue weighted by Gasteiger charge is -2.31. The Morgan fingerprint density at radius 2 is 2.14 bits per heavy atom. The molecule has 0 fully saturated rings. The molecule has 0 N–H and O–H groups in total. The highest BCUT2D eigenvalue weighted by atomic mass is 16.5. The molecule has 1 rings (SSSR count). The minimum absolute atomic E-state index is 0.272. The van der Waals surface area contributed by atoms with E-state index in [2.05, 4.69) is 26.0 Å². The van der Waals surface area contributed by atoms with E-state index in [1.165, 1.54) is 12.0 Å². The third kappa shape index (κ3) is 2.18. The van der Waals surface area contributed by atoms with Crippen LogP contribution in [0.1, 0.15) is 33.1 Å². The molecule has 0 aromatic carbocycles. The number of ether oxygens (including phenoxy) is 2. The van der Waals surface area contributed by atoms with E-state index in [0.29, 0.717) is 0 Å². The molecular weight excluding hydrogens is 176 g/mol. The Labute approximate surface area is 86.6 Å². The number of rotatable bonds is 4. The van der Waals surface area contributed by atoms with Gasteiger partial charge in [-0.1, -0.05) is 19.4 Å². The van der Waals surface area contributed by atoms with Gasteiger partial charge in [-0.25, -0.2) is 0 Å². The summed E-state index contributed by atoms with van der Waals surface area (Å²) in [6, 6.07) is 0. The van der Waals surface area contributed by atoms with Crippen molar-refractivity contribution in [2.45, 2.75) is 38.7 Å². The van der Waals surface area contributed by atoms with Crippen LogP contribution in [0.2, 0.25) is 0 Å². The fraction of sp³-hybridized carbons (Fsp3) is 0.667. The van der Waals surface area contributed by atoms with Crippen LogP contribution in [0.4, 0.5) is 0 Å². The largest absolute Gasteiger partial charge is 0.498 e. The summed E-state index contributed by atoms with van der Waals surface area (Å²) < 4.78 is 10.8. The van der Waals surface area contributed by atoms with E-state index in [1.807, 2.05) is 0 Å². The summed E-state index contributed by atoms with van der Waals surface area (Å²) in [5, 5.41) is 0. The molecule has 2 heteroatoms. The lowest BCUT2D eigenvalue weighted by molar-refractivity contribution is -0.00429. The third-order valence-electron chi connectivity index (χ3n) is 2.80. The molecule has 0 bridgehead atoms. The molecule has 1 aliphatic carbocycles. The molecule has 0 aromatic heterocycles. The van der Waals surface area contributed by atoms with Crippen molar-refractivity contribution in [3.63, 3.8) is 0 Å². The summed E-state index contributed by atoms with van der Waals surface area (Å²) in [4.78, 5) is 0. The average molecular weight is 196 g/mol. The predicted molar refractivity (Wildman–Crippen MR) is 58.1 cm³/mol. The Balaban J connectivity index is 2.82. The zero-order valence-corrected chi connectivity index (χ0v) is 9.59. The highest BCUT2D eigenvalue weighted by Gasteiger charge is 2.31. The van der Waals surface area contributed by atoms with Gasteiger partial charge >= 0.3 is 0 Å². The van der Waals surface area contributed by atoms with Crippen molar-refractivity contribution >= 4 is 0 Å². The second kappa shape index (κ2) is 4.65. The second-order valence-corrected chi connectivity index (χ2v) is 3.88. The average Bonchev–Trinajstić information content (AvgIpc) is 2.21. The SMILES string of the molecule is CCCC1=CCC(C)(OC)C(OC)=C1. The molecule has 1 aliphatic rings. The van der Waals surface area contributed by atoms with E-state index in [9.17, 15) is 0 Å². The van der Waals surface area contributed by atoms with Crippen molar-refractivity contribution in [2.24, 2.45) is 0 Å². The first-order chi connectivity index (χ1) is 6.66. The normalized spacial score (nSPS) is 26.9. The van der Waals surface area contributed by atoms with Gasteiger partial charge in [0.1, 0.15) is 11.4 Å². The van der Waals surface area contributed by atoms with Crippen molar-refractivity contribution in [2.75, 3.05) is 14.2 Å². The fourth-order valence-electron chi connectivity index (χ4n) is 1.73. The fourth-order valence-corrected chi connectivity index (χ4v) is 1.73. The summed E-state index contributed by atoms with van der Waals surface area (Å²) in [6.07, 6.45) is 7.54. The highest BCUT2D eigenvalue weighted by molar-refractivity contribution is 5.31. The summed E-state index contributed by atoms with van der Waals surface area (Å²) in [5.41, 5.74) is 1.09. The Kier molecular flexibility index (Phi) is 3.76. The molecule has 0 radical (unpaired) electrons. The van der Waals surface area contributed by atoms with Crippen LogP contribution < -0.4 is 0 Å². The highest BCUT2D eigenvalue weighted by Crippen LogP contribution is 2.32. The number of hydrogen-bond donors (Lipinski definition) is 0. The molecule has 2 nitrogen and oxygen atoms in total. The first-order valence-corrected chi connectivity index (χ1v) is 5.16. The van der Waals surface area contributed by atoms with E-state index in [-0.39, 0.29) is 5.60 Å². The molecule has 0 aromatic rings. The van der Waals surface area contributed by atoms with Gasteiger partial charge in [-0.15, -0.1) is 0 Å². The lowest BCUT2D eigenvalue weighted by Crippen LogP contribution is -2.32. The number of hydrogen-bond acceptors (Lipinski definition) is 2. The van der Waals surface area contributed by atoms with Crippen LogP contribution in [0.25, 0.3) is 0 Å². The summed E-state index contributed by atoms with van der Waals surface area (Å²) in [5.74, 6) is 0.936. The van der Waals surface area contributed by atoms with E-state index in [4.69, 9.17) is 9.47 Å². The molecule has 0 heterocycles. The minimum atomic E-state index is -0.272. The second-order valence-electron chi connectivity index (χ2n) is 3.88. The maximum Gasteiger partial charge on any atom is 0.128 e. The molecule has 0 saturated carbocycles. The Morgan fingerprint density at radius 3 is 2.64 bits per heavy atom. The first-order valence-electron chi connectivity index (χ1n) is 5.16. The van der Waals surface area contributed by atoms with Crippen molar-refractivity contribution in [3.8, 4) is 0 Å². The van der Waals surface area contributed by atoms with Gasteiger partial charge in [-0.05, 0) is 25.0 Å². The van der Waals surface area contributed by atoms with Crippen molar-refractivity contribution in [1.82, 2.24) is 0 Å². The smallest absolute Gasteiger partial charge is 0.128 e. The summed E-state index contributed by atoms with van der Waals surface area (Å²) in [7, 11) is 3.43. The zero-order chi connectivity index (χ0) is 10.6. The van der Waals surface area contributed by atoms with Crippen LogP contribution in [0.3, 0.4) is 0 Å². The van der Waals surface area contributed by atoms with Gasteiger partial charge in [0, 0.05) is 13.5 Å². The molecule has 80 valence electrons. The van der Waals surface area contributed by atoms with Crippen LogP contribution in [0.15, 0.2) is 23.5 Å². The van der Waals surface area contributed by atoms with Gasteiger partial charge < -0.3 is 9.47 Å². The molecule has 1 atom stereocenters. The standard InChI is InChI=1S/C12H20O2/c1-5-6-10-7-8-12(2,14-4)11(9-10)13-3/h7,9H,5-6,8H2,1-4H3. The molecule has 0 saturated heterocycles. The molecule has 1 unspecified atom stereocenters. The van der Waals surface area contributed by atoms with Crippen molar-refractivity contribution < 1.29 is 9.47 Å². The topological polar surface area (TPSA) is 18.5 Å². The molecule has 14 heavy (non-hydrogen) atoms. The quantitative estimate of drug-likeness (QED) is 0.688. The van der Waals surface area contributed by atoms with Gasteiger partial charge in [-0.3, -0.25) is 0 Å². The van der Waals surface area contributed by atoms with Crippen LogP contribution in [0, 0.1) is 0 Å². The van der Waals surface area contributed by atoms with E-state index >= 15 is 0 Å². The maximum atomic E-state index is 5.47. The number of methoxy groups -OCH3 is 2. The van der Waals surface area contributed by atoms with Crippen LogP contribution in [-0.2, 0) is 9.47 Å². The van der Waals surface area contributed by atoms with E-state index < -0.39 is 0 Å². The van der Waals surface area contributed by atoms with Crippen LogP contribution in [-0.4, -0.2) is 19.8 Å². The Hall–Kier alpha value is -0.760. The van der Waals surface area contributed by atoms with Crippen molar-refractivity contribution in [3.05, 3.63) is 23.5 Å². The van der Waals surface area contributed by atoms with Crippen molar-refractivity contribution in [1.29, 1.82) is 0 Å². The monoisotopic (exact) mass is 196 g/mol. The van der Waals surface area contributed by atoms with Crippen LogP contribution in [0.5, 0.6) is 0 Å². The Bertz CT molecular complexity index is 253. The predicted octanol–water partition coefficient (Wildman–Crippen LogP) is 3.05. The maximum absolute atomic E-state index is 5.47. The Morgan fingerprint density at radius 1 is 1.43 bits per heavy atom. The van der Waals surface area contributed by atoms with Gasteiger partial charge in [-0.2, -0.15) is 0 Å². The van der Waals surface area contributed by atoms with E-state index in [0.717, 1.165) is 18.6 Å². The van der Waals surface area contributed by atoms with Gasteiger partial charge in [0.05, 0.1) is 7.11 Å². The molecule has 0 spiro atoms. The summed E-state index contributed by atoms with van der Waals surface area (Å²) in [6.45, 7) is 4.24. The molecular formula is C12H20O2. The zero-order valence-electron chi connectivity index (χ0n) is 9.59. The lowest BCUT2D eigenvalue weighted by atomic mass is 9.90. The van der Waals surface area contributed by atoms with Gasteiger partial charge in [0.2, 0.25) is 0 Å². The minimum Gasteiger partial charge on any atom is -0.498 e. The van der Waals surface area contributed by atoms with E-state index in [1.54, 1.807) is 14.2 Å².